The Labute approximate surface area is 123 Å². The van der Waals surface area contributed by atoms with E-state index in [4.69, 9.17) is 4.84 Å². The molecule has 0 bridgehead atoms. The van der Waals surface area contributed by atoms with Crippen LogP contribution < -0.4 is 0 Å². The lowest BCUT2D eigenvalue weighted by Gasteiger charge is -2.13. The monoisotopic (exact) mass is 300 g/mol. The third-order valence-corrected chi connectivity index (χ3v) is 3.60. The number of hydrogen-bond donors (Lipinski definition) is 0. The highest BCUT2D eigenvalue weighted by Gasteiger charge is 2.27. The second-order valence-electron chi connectivity index (χ2n) is 5.12. The Hall–Kier alpha value is -1.36. The van der Waals surface area contributed by atoms with Gasteiger partial charge in [-0.05, 0) is 16.9 Å². The van der Waals surface area contributed by atoms with Crippen molar-refractivity contribution in [3.63, 3.8) is 0 Å². The van der Waals surface area contributed by atoms with Crippen LogP contribution in [0.3, 0.4) is 0 Å². The molecule has 20 heavy (non-hydrogen) atoms. The lowest BCUT2D eigenvalue weighted by molar-refractivity contribution is -0.821. The minimum atomic E-state index is -3.25. The summed E-state index contributed by atoms with van der Waals surface area (Å²) in [5.74, 6) is 0. The molecule has 0 saturated heterocycles. The van der Waals surface area contributed by atoms with Gasteiger partial charge in [0.1, 0.15) is 7.11 Å². The number of rotatable bonds is 3. The van der Waals surface area contributed by atoms with Gasteiger partial charge in [0.05, 0.1) is 10.5 Å². The Kier molecular flexibility index (Phi) is 6.92. The quantitative estimate of drug-likeness (QED) is 0.490. The molecule has 0 fully saturated rings. The second-order valence-corrected chi connectivity index (χ2v) is 7.10. The number of nitrogens with zero attached hydrogens (tertiary/aromatic N) is 1. The van der Waals surface area contributed by atoms with Gasteiger partial charge in [0.15, 0.2) is 9.84 Å². The Morgan fingerprint density at radius 2 is 1.65 bits per heavy atom. The molecule has 0 aromatic heterocycles. The molecular weight excluding hydrogens is 274 g/mol. The van der Waals surface area contributed by atoms with Crippen LogP contribution in [0.25, 0.3) is 0 Å². The van der Waals surface area contributed by atoms with Crippen molar-refractivity contribution in [1.82, 2.24) is 0 Å². The molecule has 1 aromatic rings. The Balaban J connectivity index is 0.00000172. The van der Waals surface area contributed by atoms with E-state index in [0.29, 0.717) is 10.5 Å². The van der Waals surface area contributed by atoms with Gasteiger partial charge in [-0.15, -0.1) is 0 Å². The van der Waals surface area contributed by atoms with Crippen LogP contribution in [0.1, 0.15) is 40.2 Å². The molecule has 1 aromatic carbocycles. The van der Waals surface area contributed by atoms with E-state index in [9.17, 15) is 8.42 Å². The van der Waals surface area contributed by atoms with Gasteiger partial charge in [0.2, 0.25) is 11.8 Å². The van der Waals surface area contributed by atoms with E-state index in [-0.39, 0.29) is 5.54 Å². The van der Waals surface area contributed by atoms with Crippen molar-refractivity contribution in [2.24, 2.45) is 0 Å². The highest BCUT2D eigenvalue weighted by atomic mass is 32.2. The van der Waals surface area contributed by atoms with Crippen LogP contribution in [0.2, 0.25) is 0 Å². The van der Waals surface area contributed by atoms with Crippen LogP contribution in [0.15, 0.2) is 29.2 Å². The van der Waals surface area contributed by atoms with Crippen LogP contribution in [0.4, 0.5) is 0 Å². The Bertz CT molecular complexity index is 555. The van der Waals surface area contributed by atoms with Gasteiger partial charge in [0, 0.05) is 27.0 Å². The second kappa shape index (κ2) is 7.43. The van der Waals surface area contributed by atoms with Crippen molar-refractivity contribution >= 4 is 16.1 Å². The Morgan fingerprint density at radius 1 is 1.15 bits per heavy atom. The molecule has 0 N–H and O–H groups in total. The fraction of sp³-hybridized carbons (Fsp3) is 0.533. The van der Waals surface area contributed by atoms with Crippen LogP contribution >= 0.6 is 0 Å². The van der Waals surface area contributed by atoms with Crippen molar-refractivity contribution in [2.45, 2.75) is 45.1 Å². The smallest absolute Gasteiger partial charge is 0.224 e. The highest BCUT2D eigenvalue weighted by molar-refractivity contribution is 7.90. The summed E-state index contributed by atoms with van der Waals surface area (Å²) in [5.41, 5.74) is 0.371. The summed E-state index contributed by atoms with van der Waals surface area (Å²) in [7, 11) is -1.69. The number of hydroxylamine groups is 1. The van der Waals surface area contributed by atoms with Crippen LogP contribution in [0, 0.1) is 0 Å². The van der Waals surface area contributed by atoms with Gasteiger partial charge in [0.25, 0.3) is 0 Å². The van der Waals surface area contributed by atoms with Gasteiger partial charge >= 0.3 is 0 Å². The SMILES string of the molecule is CC.CO/[N+](=C\c1ccccc1S(C)(=O)=O)C(C)(C)C. The van der Waals surface area contributed by atoms with Crippen LogP contribution in [-0.2, 0) is 14.7 Å². The fourth-order valence-corrected chi connectivity index (χ4v) is 2.45. The first-order chi connectivity index (χ1) is 9.16. The molecule has 0 unspecified atom stereocenters. The third kappa shape index (κ3) is 5.33. The molecule has 1 rings (SSSR count). The van der Waals surface area contributed by atoms with Crippen LogP contribution in [-0.4, -0.2) is 38.3 Å². The molecule has 0 atom stereocenters. The minimum absolute atomic E-state index is 0.251. The van der Waals surface area contributed by atoms with E-state index in [0.717, 1.165) is 0 Å². The summed E-state index contributed by atoms with van der Waals surface area (Å²) in [4.78, 5) is 5.57. The standard InChI is InChI=1S/C13H20NO3S.C2H6/c1-13(2,3)14(17-4)10-11-8-6-7-9-12(11)18(5,15)16;1-2/h6-10H,1-5H3;1-2H3/q+1;/b14-10-;. The number of hydrogen-bond acceptors (Lipinski definition) is 3. The normalized spacial score (nSPS) is 12.4. The van der Waals surface area contributed by atoms with Crippen molar-refractivity contribution < 1.29 is 18.0 Å². The summed E-state index contributed by atoms with van der Waals surface area (Å²) >= 11 is 0. The van der Waals surface area contributed by atoms with E-state index in [1.165, 1.54) is 6.26 Å². The molecule has 0 aliphatic rings. The van der Waals surface area contributed by atoms with Gasteiger partial charge < -0.3 is 0 Å². The molecule has 0 saturated carbocycles. The van der Waals surface area contributed by atoms with Crippen molar-refractivity contribution in [1.29, 1.82) is 0 Å². The molecule has 5 heteroatoms. The summed E-state index contributed by atoms with van der Waals surface area (Å²) in [6, 6.07) is 6.87. The molecule has 114 valence electrons. The van der Waals surface area contributed by atoms with Crippen LogP contribution in [0.5, 0.6) is 0 Å². The molecule has 0 spiro atoms. The van der Waals surface area contributed by atoms with E-state index in [2.05, 4.69) is 0 Å². The fourth-order valence-electron chi connectivity index (χ4n) is 1.57. The minimum Gasteiger partial charge on any atom is -0.280 e. The number of benzene rings is 1. The maximum atomic E-state index is 11.7. The molecule has 0 radical (unpaired) electrons. The average Bonchev–Trinajstić information content (AvgIpc) is 2.36. The summed E-state index contributed by atoms with van der Waals surface area (Å²) < 4.78 is 25.0. The van der Waals surface area contributed by atoms with Gasteiger partial charge in [-0.25, -0.2) is 8.42 Å². The van der Waals surface area contributed by atoms with Crippen molar-refractivity contribution in [3.8, 4) is 0 Å². The molecule has 0 amide bonds. The lowest BCUT2D eigenvalue weighted by atomic mass is 10.1. The van der Waals surface area contributed by atoms with Crippen molar-refractivity contribution in [3.05, 3.63) is 29.8 Å². The van der Waals surface area contributed by atoms with Gasteiger partial charge in [-0.1, -0.05) is 26.0 Å². The zero-order valence-corrected chi connectivity index (χ0v) is 14.3. The summed E-state index contributed by atoms with van der Waals surface area (Å²) in [6.45, 7) is 9.95. The first-order valence-corrected chi connectivity index (χ1v) is 8.53. The molecule has 0 aliphatic heterocycles. The zero-order valence-electron chi connectivity index (χ0n) is 13.5. The van der Waals surface area contributed by atoms with E-state index >= 15 is 0 Å². The third-order valence-electron chi connectivity index (χ3n) is 2.43. The van der Waals surface area contributed by atoms with Gasteiger partial charge in [-0.2, -0.15) is 0 Å². The topological polar surface area (TPSA) is 46.4 Å². The maximum Gasteiger partial charge on any atom is 0.224 e. The summed E-state index contributed by atoms with van der Waals surface area (Å²) in [6.07, 6.45) is 2.91. The molecular formula is C15H26NO3S+. The van der Waals surface area contributed by atoms with E-state index in [1.807, 2.05) is 34.6 Å². The summed E-state index contributed by atoms with van der Waals surface area (Å²) in [5, 5.41) is 0. The molecule has 4 nitrogen and oxygen atoms in total. The zero-order chi connectivity index (χ0) is 16.0. The number of sulfone groups is 1. The largest absolute Gasteiger partial charge is 0.280 e. The maximum absolute atomic E-state index is 11.7. The van der Waals surface area contributed by atoms with Gasteiger partial charge in [-0.3, -0.25) is 4.84 Å². The van der Waals surface area contributed by atoms with E-state index < -0.39 is 9.84 Å². The predicted molar refractivity (Wildman–Crippen MR) is 83.1 cm³/mol. The van der Waals surface area contributed by atoms with E-state index in [1.54, 1.807) is 42.3 Å². The Morgan fingerprint density at radius 3 is 2.05 bits per heavy atom. The predicted octanol–water partition coefficient (Wildman–Crippen LogP) is 2.91. The average molecular weight is 300 g/mol. The first kappa shape index (κ1) is 18.6. The molecule has 0 heterocycles. The lowest BCUT2D eigenvalue weighted by Crippen LogP contribution is -2.33. The van der Waals surface area contributed by atoms with Crippen molar-refractivity contribution in [2.75, 3.05) is 13.4 Å². The highest BCUT2D eigenvalue weighted by Crippen LogP contribution is 2.15. The molecule has 0 aliphatic carbocycles. The first-order valence-electron chi connectivity index (χ1n) is 6.63.